The molecular weight excluding hydrogens is 166 g/mol. The molecule has 0 aromatic carbocycles. The second-order valence-corrected chi connectivity index (χ2v) is 4.03. The Labute approximate surface area is 78.6 Å². The molecule has 0 radical (unpaired) electrons. The third kappa shape index (κ3) is 2.01. The van der Waals surface area contributed by atoms with E-state index in [0.717, 1.165) is 5.69 Å². The van der Waals surface area contributed by atoms with E-state index in [2.05, 4.69) is 44.1 Å². The highest BCUT2D eigenvalue weighted by atomic mass is 32.2. The maximum atomic E-state index is 4.52. The molecule has 1 rings (SSSR count). The van der Waals surface area contributed by atoms with E-state index in [4.69, 9.17) is 0 Å². The van der Waals surface area contributed by atoms with Gasteiger partial charge in [-0.25, -0.2) is 0 Å². The van der Waals surface area contributed by atoms with Crippen LogP contribution in [0.25, 0.3) is 0 Å². The third-order valence-corrected chi connectivity index (χ3v) is 2.74. The fourth-order valence-corrected chi connectivity index (χ4v) is 1.65. The van der Waals surface area contributed by atoms with Crippen LogP contribution in [0.15, 0.2) is 17.0 Å². The lowest BCUT2D eigenvalue weighted by Gasteiger charge is -2.07. The normalized spacial score (nSPS) is 10.8. The van der Waals surface area contributed by atoms with Gasteiger partial charge in [0.15, 0.2) is 0 Å². The van der Waals surface area contributed by atoms with Crippen molar-refractivity contribution in [2.24, 2.45) is 0 Å². The van der Waals surface area contributed by atoms with E-state index in [1.807, 2.05) is 0 Å². The highest BCUT2D eigenvalue weighted by Crippen LogP contribution is 2.20. The van der Waals surface area contributed by atoms with Gasteiger partial charge in [-0.15, -0.1) is 11.8 Å². The molecule has 0 unspecified atom stereocenters. The van der Waals surface area contributed by atoms with E-state index in [-0.39, 0.29) is 0 Å². The Bertz CT molecular complexity index is 269. The van der Waals surface area contributed by atoms with E-state index in [1.165, 1.54) is 10.6 Å². The van der Waals surface area contributed by atoms with Crippen molar-refractivity contribution in [3.05, 3.63) is 23.5 Å². The van der Waals surface area contributed by atoms with Crippen LogP contribution in [0.4, 0.5) is 0 Å². The van der Waals surface area contributed by atoms with Gasteiger partial charge in [0.1, 0.15) is 0 Å². The largest absolute Gasteiger partial charge is 0.257 e. The first kappa shape index (κ1) is 9.59. The second-order valence-electron chi connectivity index (χ2n) is 3.18. The molecule has 2 heteroatoms. The predicted octanol–water partition coefficient (Wildman–Crippen LogP) is 3.24. The lowest BCUT2D eigenvalue weighted by molar-refractivity contribution is 0.808. The predicted molar refractivity (Wildman–Crippen MR) is 54.8 cm³/mol. The van der Waals surface area contributed by atoms with Crippen molar-refractivity contribution in [1.82, 2.24) is 4.98 Å². The number of rotatable bonds is 2. The third-order valence-electron chi connectivity index (χ3n) is 1.87. The highest BCUT2D eigenvalue weighted by molar-refractivity contribution is 7.98. The summed E-state index contributed by atoms with van der Waals surface area (Å²) in [6, 6.07) is 4.27. The molecule has 1 nitrogen and oxygen atoms in total. The molecule has 0 spiro atoms. The second kappa shape index (κ2) is 3.94. The molecule has 0 bridgehead atoms. The Kier molecular flexibility index (Phi) is 3.15. The minimum Gasteiger partial charge on any atom is -0.257 e. The number of hydrogen-bond donors (Lipinski definition) is 0. The fourth-order valence-electron chi connectivity index (χ4n) is 1.10. The number of nitrogens with zero attached hydrogens (tertiary/aromatic N) is 1. The first-order valence-corrected chi connectivity index (χ1v) is 5.39. The number of hydrogen-bond acceptors (Lipinski definition) is 2. The fraction of sp³-hybridized carbons (Fsp3) is 0.500. The van der Waals surface area contributed by atoms with Gasteiger partial charge in [0.05, 0.1) is 5.69 Å². The van der Waals surface area contributed by atoms with Crippen LogP contribution in [0.2, 0.25) is 0 Å². The van der Waals surface area contributed by atoms with E-state index in [1.54, 1.807) is 11.8 Å². The summed E-state index contributed by atoms with van der Waals surface area (Å²) in [5.74, 6) is 0.527. The van der Waals surface area contributed by atoms with Crippen molar-refractivity contribution in [2.45, 2.75) is 31.6 Å². The Morgan fingerprint density at radius 1 is 1.33 bits per heavy atom. The van der Waals surface area contributed by atoms with E-state index >= 15 is 0 Å². The van der Waals surface area contributed by atoms with Crippen molar-refractivity contribution in [2.75, 3.05) is 6.26 Å². The molecule has 0 saturated carbocycles. The van der Waals surface area contributed by atoms with Crippen LogP contribution < -0.4 is 0 Å². The summed E-state index contributed by atoms with van der Waals surface area (Å²) in [7, 11) is 0. The van der Waals surface area contributed by atoms with Crippen molar-refractivity contribution < 1.29 is 0 Å². The van der Waals surface area contributed by atoms with Gasteiger partial charge in [-0.3, -0.25) is 4.98 Å². The van der Waals surface area contributed by atoms with Crippen LogP contribution in [0, 0.1) is 6.92 Å². The molecule has 1 aromatic rings. The molecule has 1 aromatic heterocycles. The van der Waals surface area contributed by atoms with Crippen LogP contribution in [-0.4, -0.2) is 11.2 Å². The van der Waals surface area contributed by atoms with Crippen molar-refractivity contribution in [3.63, 3.8) is 0 Å². The maximum Gasteiger partial charge on any atom is 0.0511 e. The van der Waals surface area contributed by atoms with Gasteiger partial charge in [0.2, 0.25) is 0 Å². The van der Waals surface area contributed by atoms with Gasteiger partial charge < -0.3 is 0 Å². The Morgan fingerprint density at radius 3 is 2.42 bits per heavy atom. The smallest absolute Gasteiger partial charge is 0.0511 e. The number of aromatic nitrogens is 1. The summed E-state index contributed by atoms with van der Waals surface area (Å²) >= 11 is 1.75. The summed E-state index contributed by atoms with van der Waals surface area (Å²) in [6.07, 6.45) is 2.08. The van der Waals surface area contributed by atoms with Crippen molar-refractivity contribution in [1.29, 1.82) is 0 Å². The van der Waals surface area contributed by atoms with E-state index in [9.17, 15) is 0 Å². The molecule has 0 aliphatic carbocycles. The number of aryl methyl sites for hydroxylation is 1. The standard InChI is InChI=1S/C10H15NS/c1-7(2)9-5-6-10(12-4)8(3)11-9/h5-7H,1-4H3. The average molecular weight is 181 g/mol. The quantitative estimate of drug-likeness (QED) is 0.650. The highest BCUT2D eigenvalue weighted by Gasteiger charge is 2.03. The molecule has 0 atom stereocenters. The first-order chi connectivity index (χ1) is 5.65. The van der Waals surface area contributed by atoms with Gasteiger partial charge >= 0.3 is 0 Å². The summed E-state index contributed by atoms with van der Waals surface area (Å²) in [5, 5.41) is 0. The van der Waals surface area contributed by atoms with Crippen molar-refractivity contribution >= 4 is 11.8 Å². The van der Waals surface area contributed by atoms with Crippen LogP contribution in [-0.2, 0) is 0 Å². The monoisotopic (exact) mass is 181 g/mol. The van der Waals surface area contributed by atoms with E-state index in [0.29, 0.717) is 5.92 Å². The van der Waals surface area contributed by atoms with Gasteiger partial charge in [0.25, 0.3) is 0 Å². The molecule has 66 valence electrons. The summed E-state index contributed by atoms with van der Waals surface area (Å²) in [5.41, 5.74) is 2.33. The minimum atomic E-state index is 0.527. The zero-order valence-electron chi connectivity index (χ0n) is 8.09. The van der Waals surface area contributed by atoms with Gasteiger partial charge in [0, 0.05) is 10.6 Å². The molecule has 0 aliphatic rings. The number of pyridine rings is 1. The molecule has 12 heavy (non-hydrogen) atoms. The van der Waals surface area contributed by atoms with Gasteiger partial charge in [-0.1, -0.05) is 13.8 Å². The molecule has 0 N–H and O–H groups in total. The molecule has 0 fully saturated rings. The Balaban J connectivity index is 3.02. The summed E-state index contributed by atoms with van der Waals surface area (Å²) in [4.78, 5) is 5.80. The zero-order valence-corrected chi connectivity index (χ0v) is 8.90. The van der Waals surface area contributed by atoms with Crippen molar-refractivity contribution in [3.8, 4) is 0 Å². The first-order valence-electron chi connectivity index (χ1n) is 4.16. The van der Waals surface area contributed by atoms with Gasteiger partial charge in [-0.05, 0) is 31.2 Å². The molecule has 1 heterocycles. The van der Waals surface area contributed by atoms with Crippen LogP contribution in [0.1, 0.15) is 31.2 Å². The SMILES string of the molecule is CSc1ccc(C(C)C)nc1C. The lowest BCUT2D eigenvalue weighted by Crippen LogP contribution is -1.95. The Morgan fingerprint density at radius 2 is 2.00 bits per heavy atom. The molecule has 0 aliphatic heterocycles. The van der Waals surface area contributed by atoms with Crippen LogP contribution in [0.3, 0.4) is 0 Å². The molecule has 0 amide bonds. The van der Waals surface area contributed by atoms with Gasteiger partial charge in [-0.2, -0.15) is 0 Å². The summed E-state index contributed by atoms with van der Waals surface area (Å²) in [6.45, 7) is 6.40. The molecular formula is C10H15NS. The Hall–Kier alpha value is -0.500. The number of thioether (sulfide) groups is 1. The van der Waals surface area contributed by atoms with E-state index < -0.39 is 0 Å². The lowest BCUT2D eigenvalue weighted by atomic mass is 10.1. The minimum absolute atomic E-state index is 0.527. The average Bonchev–Trinajstić information content (AvgIpc) is 2.04. The topological polar surface area (TPSA) is 12.9 Å². The maximum absolute atomic E-state index is 4.52. The van der Waals surface area contributed by atoms with Crippen LogP contribution >= 0.6 is 11.8 Å². The summed E-state index contributed by atoms with van der Waals surface area (Å²) < 4.78 is 0. The zero-order chi connectivity index (χ0) is 9.14. The van der Waals surface area contributed by atoms with Crippen LogP contribution in [0.5, 0.6) is 0 Å². The molecule has 0 saturated heterocycles.